The maximum Gasteiger partial charge on any atom is 0.407 e. The van der Waals surface area contributed by atoms with Gasteiger partial charge in [0.25, 0.3) is 0 Å². The van der Waals surface area contributed by atoms with Crippen molar-refractivity contribution < 1.29 is 14.6 Å². The number of rotatable bonds is 0. The van der Waals surface area contributed by atoms with Gasteiger partial charge < -0.3 is 20.5 Å². The van der Waals surface area contributed by atoms with Crippen LogP contribution in [0, 0.1) is 11.3 Å². The number of fused-ring (bicyclic) bond motifs is 4. The highest BCUT2D eigenvalue weighted by Crippen LogP contribution is 2.36. The Kier molecular flexibility index (Phi) is 2.79. The molecule has 1 fully saturated rings. The van der Waals surface area contributed by atoms with Crippen LogP contribution in [-0.4, -0.2) is 48.4 Å². The lowest BCUT2D eigenvalue weighted by Crippen LogP contribution is -2.56. The molecule has 1 aromatic rings. The normalized spacial score (nSPS) is 20.4. The minimum absolute atomic E-state index is 0.208. The molecule has 20 heavy (non-hydrogen) atoms. The average molecular weight is 274 g/mol. The van der Waals surface area contributed by atoms with Gasteiger partial charge >= 0.3 is 6.09 Å². The van der Waals surface area contributed by atoms with Crippen molar-refractivity contribution in [3.63, 3.8) is 0 Å². The summed E-state index contributed by atoms with van der Waals surface area (Å²) in [4.78, 5) is 14.6. The topological polar surface area (TPSA) is 103 Å². The van der Waals surface area contributed by atoms with Gasteiger partial charge in [0.05, 0.1) is 23.0 Å². The summed E-state index contributed by atoms with van der Waals surface area (Å²) < 4.78 is 5.69. The molecule has 0 aromatic heterocycles. The number of benzene rings is 1. The number of nitrogens with zero attached hydrogens (tertiary/aromatic N) is 3. The molecule has 7 heteroatoms. The Labute approximate surface area is 115 Å². The Morgan fingerprint density at radius 1 is 1.50 bits per heavy atom. The average Bonchev–Trinajstić information content (AvgIpc) is 2.56. The molecule has 2 aliphatic rings. The number of carboxylic acid groups (broad SMARTS) is 1. The number of piperazine rings is 1. The van der Waals surface area contributed by atoms with Gasteiger partial charge in [0, 0.05) is 25.7 Å². The van der Waals surface area contributed by atoms with Crippen molar-refractivity contribution in [2.24, 2.45) is 0 Å². The summed E-state index contributed by atoms with van der Waals surface area (Å²) in [7, 11) is 0. The van der Waals surface area contributed by atoms with E-state index in [0.29, 0.717) is 43.2 Å². The van der Waals surface area contributed by atoms with Crippen LogP contribution in [0.4, 0.5) is 16.2 Å². The first-order chi connectivity index (χ1) is 9.60. The molecule has 2 aliphatic heterocycles. The van der Waals surface area contributed by atoms with Gasteiger partial charge in [-0.05, 0) is 6.07 Å². The van der Waals surface area contributed by atoms with Gasteiger partial charge in [-0.1, -0.05) is 0 Å². The monoisotopic (exact) mass is 274 g/mol. The van der Waals surface area contributed by atoms with Gasteiger partial charge in [0.15, 0.2) is 0 Å². The van der Waals surface area contributed by atoms with Crippen molar-refractivity contribution >= 4 is 17.5 Å². The Bertz CT molecular complexity index is 610. The standard InChI is InChI=1S/C13H14N4O3/c14-5-8-3-11-12(4-10(8)15)20-7-9-6-16(11)1-2-17(9)13(18)19/h3-4,9H,1-2,6-7,15H2,(H,18,19)/t9-/m0/s1. The molecule has 1 aromatic carbocycles. The van der Waals surface area contributed by atoms with Crippen LogP contribution in [-0.2, 0) is 0 Å². The lowest BCUT2D eigenvalue weighted by molar-refractivity contribution is 0.101. The number of amides is 1. The van der Waals surface area contributed by atoms with E-state index in [4.69, 9.17) is 15.7 Å². The fourth-order valence-corrected chi connectivity index (χ4v) is 2.70. The smallest absolute Gasteiger partial charge is 0.407 e. The van der Waals surface area contributed by atoms with E-state index in [1.165, 1.54) is 4.90 Å². The minimum Gasteiger partial charge on any atom is -0.489 e. The minimum atomic E-state index is -0.929. The van der Waals surface area contributed by atoms with Crippen LogP contribution in [0.25, 0.3) is 0 Å². The van der Waals surface area contributed by atoms with Crippen LogP contribution in [0.15, 0.2) is 12.1 Å². The summed E-state index contributed by atoms with van der Waals surface area (Å²) >= 11 is 0. The highest BCUT2D eigenvalue weighted by atomic mass is 16.5. The zero-order valence-corrected chi connectivity index (χ0v) is 10.7. The second-order valence-electron chi connectivity index (χ2n) is 4.91. The van der Waals surface area contributed by atoms with Crippen LogP contribution in [0.2, 0.25) is 0 Å². The number of nitrogen functional groups attached to an aromatic ring is 1. The summed E-state index contributed by atoms with van der Waals surface area (Å²) in [5, 5.41) is 18.2. The summed E-state index contributed by atoms with van der Waals surface area (Å²) in [6, 6.07) is 5.20. The van der Waals surface area contributed by atoms with Crippen molar-refractivity contribution in [1.29, 1.82) is 5.26 Å². The summed E-state index contributed by atoms with van der Waals surface area (Å²) in [5.41, 5.74) is 7.38. The predicted octanol–water partition coefficient (Wildman–Crippen LogP) is 0.701. The molecule has 1 amide bonds. The maximum absolute atomic E-state index is 11.2. The van der Waals surface area contributed by atoms with Crippen LogP contribution in [0.3, 0.4) is 0 Å². The molecule has 2 bridgehead atoms. The predicted molar refractivity (Wildman–Crippen MR) is 71.8 cm³/mol. The van der Waals surface area contributed by atoms with E-state index >= 15 is 0 Å². The Balaban J connectivity index is 1.98. The Morgan fingerprint density at radius 2 is 2.30 bits per heavy atom. The molecular weight excluding hydrogens is 260 g/mol. The molecule has 3 rings (SSSR count). The number of nitriles is 1. The van der Waals surface area contributed by atoms with Gasteiger partial charge in [-0.2, -0.15) is 5.26 Å². The largest absolute Gasteiger partial charge is 0.489 e. The molecule has 0 unspecified atom stereocenters. The van der Waals surface area contributed by atoms with Gasteiger partial charge in [-0.3, -0.25) is 4.90 Å². The molecular formula is C13H14N4O3. The van der Waals surface area contributed by atoms with E-state index in [0.717, 1.165) is 5.69 Å². The van der Waals surface area contributed by atoms with Crippen molar-refractivity contribution in [2.75, 3.05) is 36.9 Å². The Hall–Kier alpha value is -2.62. The molecule has 7 nitrogen and oxygen atoms in total. The zero-order chi connectivity index (χ0) is 14.3. The van der Waals surface area contributed by atoms with E-state index < -0.39 is 6.09 Å². The van der Waals surface area contributed by atoms with Crippen molar-refractivity contribution in [1.82, 2.24) is 4.90 Å². The molecule has 0 aliphatic carbocycles. The summed E-state index contributed by atoms with van der Waals surface area (Å²) in [6.45, 7) is 1.86. The second-order valence-corrected chi connectivity index (χ2v) is 4.91. The number of ether oxygens (including phenoxy) is 1. The van der Waals surface area contributed by atoms with E-state index in [1.807, 2.05) is 4.90 Å². The van der Waals surface area contributed by atoms with E-state index in [-0.39, 0.29) is 6.04 Å². The molecule has 104 valence electrons. The quantitative estimate of drug-likeness (QED) is 0.675. The zero-order valence-electron chi connectivity index (χ0n) is 10.7. The third kappa shape index (κ3) is 1.86. The van der Waals surface area contributed by atoms with Crippen LogP contribution < -0.4 is 15.4 Å². The van der Waals surface area contributed by atoms with Crippen LogP contribution in [0.5, 0.6) is 5.75 Å². The number of hydrogen-bond donors (Lipinski definition) is 2. The fourth-order valence-electron chi connectivity index (χ4n) is 2.70. The van der Waals surface area contributed by atoms with Gasteiger partial charge in [-0.15, -0.1) is 0 Å². The van der Waals surface area contributed by atoms with Gasteiger partial charge in [0.1, 0.15) is 18.4 Å². The third-order valence-electron chi connectivity index (χ3n) is 3.75. The second kappa shape index (κ2) is 4.49. The summed E-state index contributed by atoms with van der Waals surface area (Å²) in [6.07, 6.45) is -0.929. The third-order valence-corrected chi connectivity index (χ3v) is 3.75. The number of nitrogens with two attached hydrogens (primary N) is 1. The van der Waals surface area contributed by atoms with Crippen LogP contribution in [0.1, 0.15) is 5.56 Å². The van der Waals surface area contributed by atoms with Crippen molar-refractivity contribution in [3.05, 3.63) is 17.7 Å². The molecule has 3 N–H and O–H groups in total. The van der Waals surface area contributed by atoms with E-state index in [2.05, 4.69) is 6.07 Å². The number of anilines is 2. The Morgan fingerprint density at radius 3 is 3.00 bits per heavy atom. The first-order valence-electron chi connectivity index (χ1n) is 6.31. The highest BCUT2D eigenvalue weighted by Gasteiger charge is 2.34. The fraction of sp³-hybridized carbons (Fsp3) is 0.385. The SMILES string of the molecule is N#Cc1cc2c(cc1N)OC[C@@H]1CN2CCN1C(=O)O. The maximum atomic E-state index is 11.2. The molecule has 0 spiro atoms. The van der Waals surface area contributed by atoms with Gasteiger partial charge in [0.2, 0.25) is 0 Å². The first-order valence-corrected chi connectivity index (χ1v) is 6.31. The molecule has 1 atom stereocenters. The van der Waals surface area contributed by atoms with Crippen LogP contribution >= 0.6 is 0 Å². The highest BCUT2D eigenvalue weighted by molar-refractivity contribution is 5.72. The summed E-state index contributed by atoms with van der Waals surface area (Å²) in [5.74, 6) is 0.608. The molecule has 1 saturated heterocycles. The number of carbonyl (C=O) groups is 1. The lowest BCUT2D eigenvalue weighted by atomic mass is 10.1. The van der Waals surface area contributed by atoms with Crippen molar-refractivity contribution in [3.8, 4) is 11.8 Å². The first kappa shape index (κ1) is 12.4. The van der Waals surface area contributed by atoms with E-state index in [9.17, 15) is 9.90 Å². The van der Waals surface area contributed by atoms with E-state index in [1.54, 1.807) is 12.1 Å². The molecule has 0 radical (unpaired) electrons. The molecule has 2 heterocycles. The van der Waals surface area contributed by atoms with Gasteiger partial charge in [-0.25, -0.2) is 4.79 Å². The number of hydrogen-bond acceptors (Lipinski definition) is 5. The lowest BCUT2D eigenvalue weighted by Gasteiger charge is -2.38. The molecule has 0 saturated carbocycles. The van der Waals surface area contributed by atoms with Crippen molar-refractivity contribution in [2.45, 2.75) is 6.04 Å².